The number of likely N-dealkylation sites (N-methyl/N-ethyl adjacent to an activating group) is 2. The Labute approximate surface area is 135 Å². The van der Waals surface area contributed by atoms with Crippen molar-refractivity contribution < 1.29 is 4.42 Å². The Kier molecular flexibility index (Phi) is 5.57. The van der Waals surface area contributed by atoms with E-state index < -0.39 is 10.9 Å². The molecule has 23 heavy (non-hydrogen) atoms. The molecular weight excluding hydrogens is 296 g/mol. The van der Waals surface area contributed by atoms with Crippen molar-refractivity contribution in [1.82, 2.24) is 9.80 Å². The fourth-order valence-corrected chi connectivity index (χ4v) is 2.35. The van der Waals surface area contributed by atoms with Crippen molar-refractivity contribution in [1.29, 1.82) is 0 Å². The first kappa shape index (κ1) is 17.2. The third-order valence-electron chi connectivity index (χ3n) is 3.74. The van der Waals surface area contributed by atoms with Crippen LogP contribution >= 0.6 is 0 Å². The Morgan fingerprint density at radius 3 is 2.26 bits per heavy atom. The van der Waals surface area contributed by atoms with E-state index in [2.05, 4.69) is 10.6 Å². The maximum atomic E-state index is 11.8. The van der Waals surface area contributed by atoms with Crippen molar-refractivity contribution >= 4 is 11.4 Å². The van der Waals surface area contributed by atoms with Gasteiger partial charge < -0.3 is 20.0 Å². The van der Waals surface area contributed by atoms with Crippen molar-refractivity contribution in [2.45, 2.75) is 6.04 Å². The summed E-state index contributed by atoms with van der Waals surface area (Å²) >= 11 is 0. The fourth-order valence-electron chi connectivity index (χ4n) is 2.35. The van der Waals surface area contributed by atoms with Gasteiger partial charge in [-0.25, -0.2) is 0 Å². The van der Waals surface area contributed by atoms with E-state index in [1.165, 1.54) is 0 Å². The zero-order chi connectivity index (χ0) is 17.0. The second-order valence-corrected chi connectivity index (χ2v) is 6.01. The first-order valence-electron chi connectivity index (χ1n) is 7.57. The number of furan rings is 1. The van der Waals surface area contributed by atoms with E-state index in [4.69, 9.17) is 4.42 Å². The highest BCUT2D eigenvalue weighted by Crippen LogP contribution is 2.21. The molecule has 0 aliphatic rings. The van der Waals surface area contributed by atoms with E-state index in [1.54, 1.807) is 6.26 Å². The van der Waals surface area contributed by atoms with Crippen LogP contribution in [-0.4, -0.2) is 57.6 Å². The number of nitrogens with one attached hydrogen (secondary N) is 2. The molecule has 2 aromatic rings. The maximum absolute atomic E-state index is 11.8. The van der Waals surface area contributed by atoms with Gasteiger partial charge in [-0.1, -0.05) is 0 Å². The van der Waals surface area contributed by atoms with E-state index in [9.17, 15) is 9.59 Å². The summed E-state index contributed by atoms with van der Waals surface area (Å²) in [4.78, 5) is 27.5. The predicted molar refractivity (Wildman–Crippen MR) is 92.0 cm³/mol. The van der Waals surface area contributed by atoms with Gasteiger partial charge in [0.1, 0.15) is 17.1 Å². The normalized spacial score (nSPS) is 13.0. The molecule has 2 rings (SSSR count). The first-order valence-corrected chi connectivity index (χ1v) is 7.57. The Morgan fingerprint density at radius 2 is 1.74 bits per heavy atom. The van der Waals surface area contributed by atoms with Crippen LogP contribution in [0, 0.1) is 0 Å². The molecule has 0 bridgehead atoms. The average molecular weight is 320 g/mol. The topological polar surface area (TPSA) is 77.8 Å². The zero-order valence-corrected chi connectivity index (χ0v) is 14.0. The van der Waals surface area contributed by atoms with Crippen molar-refractivity contribution in [2.24, 2.45) is 0 Å². The molecule has 1 aromatic heterocycles. The molecule has 0 aliphatic heterocycles. The molecule has 0 unspecified atom stereocenters. The second-order valence-electron chi connectivity index (χ2n) is 6.01. The summed E-state index contributed by atoms with van der Waals surface area (Å²) in [6.07, 6.45) is 1.62. The second kappa shape index (κ2) is 7.43. The van der Waals surface area contributed by atoms with Crippen LogP contribution in [0.3, 0.4) is 0 Å². The third-order valence-corrected chi connectivity index (χ3v) is 3.74. The highest BCUT2D eigenvalue weighted by atomic mass is 16.3. The van der Waals surface area contributed by atoms with Crippen LogP contribution in [0.2, 0.25) is 0 Å². The van der Waals surface area contributed by atoms with E-state index in [-0.39, 0.29) is 6.04 Å². The number of anilines is 2. The molecule has 1 heterocycles. The van der Waals surface area contributed by atoms with Crippen molar-refractivity contribution in [3.63, 3.8) is 0 Å². The highest BCUT2D eigenvalue weighted by Gasteiger charge is 2.23. The first-order chi connectivity index (χ1) is 10.9. The van der Waals surface area contributed by atoms with Crippen LogP contribution in [0.5, 0.6) is 0 Å². The van der Waals surface area contributed by atoms with E-state index in [0.29, 0.717) is 24.5 Å². The quantitative estimate of drug-likeness (QED) is 0.654. The van der Waals surface area contributed by atoms with Gasteiger partial charge in [-0.3, -0.25) is 14.5 Å². The van der Waals surface area contributed by atoms with Gasteiger partial charge in [-0.15, -0.1) is 0 Å². The van der Waals surface area contributed by atoms with Crippen LogP contribution < -0.4 is 21.5 Å². The lowest BCUT2D eigenvalue weighted by molar-refractivity contribution is 0.269. The third kappa shape index (κ3) is 4.00. The summed E-state index contributed by atoms with van der Waals surface area (Å²) in [5.74, 6) is 0.809. The molecule has 0 amide bonds. The number of hydrogen-bond acceptors (Lipinski definition) is 7. The van der Waals surface area contributed by atoms with Gasteiger partial charge in [0.2, 0.25) is 0 Å². The molecule has 0 aliphatic carbocycles. The molecule has 0 saturated carbocycles. The van der Waals surface area contributed by atoms with Crippen molar-refractivity contribution in [3.05, 3.63) is 44.6 Å². The van der Waals surface area contributed by atoms with E-state index in [0.717, 1.165) is 12.3 Å². The van der Waals surface area contributed by atoms with E-state index in [1.807, 2.05) is 50.1 Å². The Bertz CT molecular complexity index is 685. The van der Waals surface area contributed by atoms with Gasteiger partial charge in [-0.05, 0) is 40.3 Å². The van der Waals surface area contributed by atoms with Gasteiger partial charge >= 0.3 is 0 Å². The molecular formula is C16H24N4O3. The Hall–Kier alpha value is -2.12. The average Bonchev–Trinajstić information content (AvgIpc) is 3.01. The molecule has 7 heteroatoms. The largest absolute Gasteiger partial charge is 0.468 e. The Balaban J connectivity index is 2.01. The molecule has 1 aromatic carbocycles. The van der Waals surface area contributed by atoms with Crippen LogP contribution in [-0.2, 0) is 0 Å². The van der Waals surface area contributed by atoms with Crippen LogP contribution in [0.1, 0.15) is 11.8 Å². The summed E-state index contributed by atoms with van der Waals surface area (Å²) in [7, 11) is 7.78. The summed E-state index contributed by atoms with van der Waals surface area (Å²) in [5, 5.41) is 6.13. The SMILES string of the molecule is CN(C)CCNc1c(NC[C@H](c2ccco2)N(C)C)c(=O)c1=O. The van der Waals surface area contributed by atoms with Crippen molar-refractivity contribution in [2.75, 3.05) is 58.5 Å². The molecule has 0 fully saturated rings. The predicted octanol–water partition coefficient (Wildman–Crippen LogP) is 0.564. The van der Waals surface area contributed by atoms with Gasteiger partial charge in [0.25, 0.3) is 10.9 Å². The lowest BCUT2D eigenvalue weighted by Crippen LogP contribution is -2.40. The number of nitrogens with zero attached hydrogens (tertiary/aromatic N) is 2. The van der Waals surface area contributed by atoms with Crippen LogP contribution in [0.4, 0.5) is 11.4 Å². The highest BCUT2D eigenvalue weighted by molar-refractivity contribution is 5.74. The van der Waals surface area contributed by atoms with Crippen LogP contribution in [0.25, 0.3) is 0 Å². The standard InChI is InChI=1S/C16H24N4O3/c1-19(2)8-7-17-13-14(16(22)15(13)21)18-10-11(20(3)4)12-6-5-9-23-12/h5-6,9,11,17-18H,7-8,10H2,1-4H3/t11-/m1/s1. The van der Waals surface area contributed by atoms with Gasteiger partial charge in [0.05, 0.1) is 12.3 Å². The van der Waals surface area contributed by atoms with Gasteiger partial charge in [-0.2, -0.15) is 0 Å². The molecule has 1 atom stereocenters. The molecule has 2 N–H and O–H groups in total. The molecule has 0 spiro atoms. The minimum Gasteiger partial charge on any atom is -0.468 e. The van der Waals surface area contributed by atoms with Gasteiger partial charge in [0, 0.05) is 19.6 Å². The summed E-state index contributed by atoms with van der Waals surface area (Å²) in [6.45, 7) is 1.88. The summed E-state index contributed by atoms with van der Waals surface area (Å²) in [5.41, 5.74) is -0.166. The summed E-state index contributed by atoms with van der Waals surface area (Å²) < 4.78 is 5.44. The number of hydrogen-bond donors (Lipinski definition) is 2. The number of rotatable bonds is 9. The fraction of sp³-hybridized carbons (Fsp3) is 0.500. The van der Waals surface area contributed by atoms with E-state index >= 15 is 0 Å². The Morgan fingerprint density at radius 1 is 1.09 bits per heavy atom. The van der Waals surface area contributed by atoms with Gasteiger partial charge in [0.15, 0.2) is 0 Å². The summed E-state index contributed by atoms with van der Waals surface area (Å²) in [6, 6.07) is 3.70. The molecule has 7 nitrogen and oxygen atoms in total. The lowest BCUT2D eigenvalue weighted by atomic mass is 10.1. The maximum Gasteiger partial charge on any atom is 0.253 e. The minimum atomic E-state index is -0.464. The minimum absolute atomic E-state index is 0.0240. The monoisotopic (exact) mass is 320 g/mol. The zero-order valence-electron chi connectivity index (χ0n) is 14.0. The molecule has 0 saturated heterocycles. The van der Waals surface area contributed by atoms with Crippen LogP contribution in [0.15, 0.2) is 32.4 Å². The lowest BCUT2D eigenvalue weighted by Gasteiger charge is -2.24. The van der Waals surface area contributed by atoms with Crippen molar-refractivity contribution in [3.8, 4) is 0 Å². The molecule has 126 valence electrons. The smallest absolute Gasteiger partial charge is 0.253 e. The molecule has 0 radical (unpaired) electrons.